The van der Waals surface area contributed by atoms with Crippen molar-refractivity contribution in [3.63, 3.8) is 0 Å². The molecule has 0 aliphatic rings. The molecule has 1 amide bonds. The molecule has 1 aromatic carbocycles. The van der Waals surface area contributed by atoms with Gasteiger partial charge in [0.25, 0.3) is 0 Å². The van der Waals surface area contributed by atoms with Gasteiger partial charge < -0.3 is 9.64 Å². The summed E-state index contributed by atoms with van der Waals surface area (Å²) in [6.45, 7) is 4.49. The number of hydrogen-bond acceptors (Lipinski definition) is 3. The predicted octanol–water partition coefficient (Wildman–Crippen LogP) is 2.72. The normalized spacial score (nSPS) is 11.0. The predicted molar refractivity (Wildman–Crippen MR) is 91.2 cm³/mol. The van der Waals surface area contributed by atoms with Crippen molar-refractivity contribution in [1.29, 1.82) is 0 Å². The molecule has 0 spiro atoms. The lowest BCUT2D eigenvalue weighted by Crippen LogP contribution is -2.24. The molecule has 0 aliphatic carbocycles. The minimum absolute atomic E-state index is 0.0385. The van der Waals surface area contributed by atoms with Crippen LogP contribution in [0.4, 0.5) is 0 Å². The van der Waals surface area contributed by atoms with Gasteiger partial charge in [0.2, 0.25) is 5.91 Å². The van der Waals surface area contributed by atoms with E-state index >= 15 is 0 Å². The van der Waals surface area contributed by atoms with Crippen LogP contribution in [0, 0.1) is 13.8 Å². The fourth-order valence-electron chi connectivity index (χ4n) is 2.40. The summed E-state index contributed by atoms with van der Waals surface area (Å²) in [5, 5.41) is 4.35. The third kappa shape index (κ3) is 4.00. The van der Waals surface area contributed by atoms with Crippen molar-refractivity contribution in [1.82, 2.24) is 14.7 Å². The molecule has 23 heavy (non-hydrogen) atoms. The van der Waals surface area contributed by atoms with Crippen LogP contribution in [0.3, 0.4) is 0 Å². The Labute approximate surface area is 137 Å². The van der Waals surface area contributed by atoms with Crippen LogP contribution in [0.5, 0.6) is 5.75 Å². The SMILES string of the molecule is COc1ccc(CN(C)C(=O)/C=C/c2c(C)nn(C)c2C)cc1. The monoisotopic (exact) mass is 313 g/mol. The maximum atomic E-state index is 12.3. The van der Waals surface area contributed by atoms with E-state index in [1.807, 2.05) is 55.9 Å². The molecule has 5 heteroatoms. The Hall–Kier alpha value is -2.56. The van der Waals surface area contributed by atoms with Gasteiger partial charge in [-0.3, -0.25) is 9.48 Å². The second-order valence-electron chi connectivity index (χ2n) is 5.58. The highest BCUT2D eigenvalue weighted by Crippen LogP contribution is 2.15. The number of hydrogen-bond donors (Lipinski definition) is 0. The molecular weight excluding hydrogens is 290 g/mol. The van der Waals surface area contributed by atoms with E-state index in [1.54, 1.807) is 25.1 Å². The van der Waals surface area contributed by atoms with E-state index in [1.165, 1.54) is 0 Å². The minimum Gasteiger partial charge on any atom is -0.497 e. The molecule has 122 valence electrons. The van der Waals surface area contributed by atoms with E-state index < -0.39 is 0 Å². The average molecular weight is 313 g/mol. The van der Waals surface area contributed by atoms with E-state index in [0.29, 0.717) is 6.54 Å². The first kappa shape index (κ1) is 16.8. The Morgan fingerprint density at radius 1 is 1.30 bits per heavy atom. The number of rotatable bonds is 5. The molecule has 0 fully saturated rings. The van der Waals surface area contributed by atoms with Crippen molar-refractivity contribution < 1.29 is 9.53 Å². The number of carbonyl (C=O) groups is 1. The zero-order valence-electron chi connectivity index (χ0n) is 14.3. The maximum Gasteiger partial charge on any atom is 0.246 e. The number of aryl methyl sites for hydroxylation is 2. The van der Waals surface area contributed by atoms with Crippen LogP contribution in [0.15, 0.2) is 30.3 Å². The Balaban J connectivity index is 2.03. The summed E-state index contributed by atoms with van der Waals surface area (Å²) in [4.78, 5) is 13.9. The Kier molecular flexibility index (Phi) is 5.21. The molecule has 0 atom stereocenters. The first-order chi connectivity index (χ1) is 10.9. The summed E-state index contributed by atoms with van der Waals surface area (Å²) in [5.74, 6) is 0.772. The van der Waals surface area contributed by atoms with Gasteiger partial charge in [0, 0.05) is 38.0 Å². The highest BCUT2D eigenvalue weighted by atomic mass is 16.5. The third-order valence-corrected chi connectivity index (χ3v) is 3.91. The Morgan fingerprint density at radius 3 is 2.48 bits per heavy atom. The molecule has 5 nitrogen and oxygen atoms in total. The smallest absolute Gasteiger partial charge is 0.246 e. The van der Waals surface area contributed by atoms with E-state index in [2.05, 4.69) is 5.10 Å². The van der Waals surface area contributed by atoms with E-state index in [0.717, 1.165) is 28.3 Å². The molecule has 1 heterocycles. The standard InChI is InChI=1S/C18H23N3O2/c1-13-17(14(2)21(4)19-13)10-11-18(22)20(3)12-15-6-8-16(23-5)9-7-15/h6-11H,12H2,1-5H3/b11-10+. The summed E-state index contributed by atoms with van der Waals surface area (Å²) in [6.07, 6.45) is 3.44. The van der Waals surface area contributed by atoms with Gasteiger partial charge in [-0.05, 0) is 37.6 Å². The van der Waals surface area contributed by atoms with Gasteiger partial charge in [-0.15, -0.1) is 0 Å². The summed E-state index contributed by atoms with van der Waals surface area (Å²) >= 11 is 0. The van der Waals surface area contributed by atoms with Gasteiger partial charge in [-0.2, -0.15) is 5.10 Å². The molecule has 0 unspecified atom stereocenters. The Bertz CT molecular complexity index is 715. The van der Waals surface area contributed by atoms with Gasteiger partial charge in [0.1, 0.15) is 5.75 Å². The number of amides is 1. The second-order valence-corrected chi connectivity index (χ2v) is 5.58. The molecule has 0 N–H and O–H groups in total. The highest BCUT2D eigenvalue weighted by molar-refractivity contribution is 5.91. The number of benzene rings is 1. The zero-order valence-corrected chi connectivity index (χ0v) is 14.3. The molecular formula is C18H23N3O2. The maximum absolute atomic E-state index is 12.3. The van der Waals surface area contributed by atoms with Gasteiger partial charge in [-0.1, -0.05) is 12.1 Å². The van der Waals surface area contributed by atoms with Gasteiger partial charge >= 0.3 is 0 Å². The molecule has 1 aromatic heterocycles. The summed E-state index contributed by atoms with van der Waals surface area (Å²) in [5.41, 5.74) is 4.03. The van der Waals surface area contributed by atoms with Crippen LogP contribution in [0.25, 0.3) is 6.08 Å². The van der Waals surface area contributed by atoms with Crippen LogP contribution in [-0.4, -0.2) is 34.7 Å². The van der Waals surface area contributed by atoms with Crippen LogP contribution in [0.1, 0.15) is 22.5 Å². The van der Waals surface area contributed by atoms with Crippen molar-refractivity contribution in [3.8, 4) is 5.75 Å². The number of carbonyl (C=O) groups excluding carboxylic acids is 1. The van der Waals surface area contributed by atoms with Crippen molar-refractivity contribution >= 4 is 12.0 Å². The van der Waals surface area contributed by atoms with Gasteiger partial charge in [0.05, 0.1) is 12.8 Å². The Morgan fingerprint density at radius 2 is 1.96 bits per heavy atom. The minimum atomic E-state index is -0.0385. The number of ether oxygens (including phenoxy) is 1. The fraction of sp³-hybridized carbons (Fsp3) is 0.333. The largest absolute Gasteiger partial charge is 0.497 e. The number of nitrogens with zero attached hydrogens (tertiary/aromatic N) is 3. The lowest BCUT2D eigenvalue weighted by atomic mass is 10.1. The third-order valence-electron chi connectivity index (χ3n) is 3.91. The molecule has 0 saturated heterocycles. The topological polar surface area (TPSA) is 47.4 Å². The van der Waals surface area contributed by atoms with Crippen LogP contribution < -0.4 is 4.74 Å². The van der Waals surface area contributed by atoms with Gasteiger partial charge in [-0.25, -0.2) is 0 Å². The average Bonchev–Trinajstić information content (AvgIpc) is 2.78. The molecule has 0 bridgehead atoms. The summed E-state index contributed by atoms with van der Waals surface area (Å²) in [7, 11) is 5.33. The summed E-state index contributed by atoms with van der Waals surface area (Å²) < 4.78 is 6.95. The fourth-order valence-corrected chi connectivity index (χ4v) is 2.40. The van der Waals surface area contributed by atoms with Crippen LogP contribution in [0.2, 0.25) is 0 Å². The molecule has 0 radical (unpaired) electrons. The number of methoxy groups -OCH3 is 1. The van der Waals surface area contributed by atoms with Crippen molar-refractivity contribution in [2.75, 3.05) is 14.2 Å². The zero-order chi connectivity index (χ0) is 17.0. The van der Waals surface area contributed by atoms with E-state index in [-0.39, 0.29) is 5.91 Å². The first-order valence-electron chi connectivity index (χ1n) is 7.48. The first-order valence-corrected chi connectivity index (χ1v) is 7.48. The van der Waals surface area contributed by atoms with E-state index in [9.17, 15) is 4.79 Å². The highest BCUT2D eigenvalue weighted by Gasteiger charge is 2.09. The van der Waals surface area contributed by atoms with E-state index in [4.69, 9.17) is 4.74 Å². The quantitative estimate of drug-likeness (QED) is 0.797. The molecule has 2 aromatic rings. The van der Waals surface area contributed by atoms with Gasteiger partial charge in [0.15, 0.2) is 0 Å². The van der Waals surface area contributed by atoms with Crippen LogP contribution >= 0.6 is 0 Å². The molecule has 2 rings (SSSR count). The number of aromatic nitrogens is 2. The van der Waals surface area contributed by atoms with Crippen molar-refractivity contribution in [3.05, 3.63) is 52.9 Å². The number of likely N-dealkylation sites (N-methyl/N-ethyl adjacent to an activating group) is 1. The summed E-state index contributed by atoms with van der Waals surface area (Å²) in [6, 6.07) is 7.71. The van der Waals surface area contributed by atoms with Crippen LogP contribution in [-0.2, 0) is 18.4 Å². The second kappa shape index (κ2) is 7.13. The lowest BCUT2D eigenvalue weighted by Gasteiger charge is -2.15. The van der Waals surface area contributed by atoms with Crippen molar-refractivity contribution in [2.45, 2.75) is 20.4 Å². The molecule has 0 saturated carbocycles. The van der Waals surface area contributed by atoms with Crippen molar-refractivity contribution in [2.24, 2.45) is 7.05 Å². The lowest BCUT2D eigenvalue weighted by molar-refractivity contribution is -0.125. The molecule has 0 aliphatic heterocycles.